The van der Waals surface area contributed by atoms with Gasteiger partial charge in [-0.3, -0.25) is 4.98 Å². The van der Waals surface area contributed by atoms with Gasteiger partial charge in [0.2, 0.25) is 0 Å². The van der Waals surface area contributed by atoms with Crippen LogP contribution < -0.4 is 0 Å². The van der Waals surface area contributed by atoms with Gasteiger partial charge in [-0.05, 0) is 25.0 Å². The standard InChI is InChI=1S/C9H10FNO/c10-7-2-1-5-11-8(7)6-9(12)3-4-9/h1-2,5,12H,3-4,6H2. The summed E-state index contributed by atoms with van der Waals surface area (Å²) in [7, 11) is 0. The van der Waals surface area contributed by atoms with Crippen molar-refractivity contribution in [3.8, 4) is 0 Å². The predicted molar refractivity (Wildman–Crippen MR) is 42.1 cm³/mol. The lowest BCUT2D eigenvalue weighted by Gasteiger charge is -2.06. The number of aromatic nitrogens is 1. The minimum Gasteiger partial charge on any atom is -0.389 e. The maximum absolute atomic E-state index is 13.0. The fourth-order valence-corrected chi connectivity index (χ4v) is 1.18. The molecule has 1 aliphatic carbocycles. The SMILES string of the molecule is OC1(Cc2ncccc2F)CC1. The Hall–Kier alpha value is -0.960. The van der Waals surface area contributed by atoms with Crippen molar-refractivity contribution in [2.24, 2.45) is 0 Å². The highest BCUT2D eigenvalue weighted by atomic mass is 19.1. The van der Waals surface area contributed by atoms with Crippen LogP contribution in [0.5, 0.6) is 0 Å². The molecule has 1 heterocycles. The molecule has 0 aromatic carbocycles. The minimum absolute atomic E-state index is 0.321. The minimum atomic E-state index is -0.658. The van der Waals surface area contributed by atoms with Crippen molar-refractivity contribution >= 4 is 0 Å². The highest BCUT2D eigenvalue weighted by Gasteiger charge is 2.41. The van der Waals surface area contributed by atoms with E-state index in [1.165, 1.54) is 6.07 Å². The molecule has 64 valence electrons. The second-order valence-corrected chi connectivity index (χ2v) is 3.33. The monoisotopic (exact) mass is 167 g/mol. The van der Waals surface area contributed by atoms with Gasteiger partial charge in [-0.2, -0.15) is 0 Å². The first kappa shape index (κ1) is 7.68. The van der Waals surface area contributed by atoms with E-state index in [0.717, 1.165) is 12.8 Å². The third kappa shape index (κ3) is 1.46. The van der Waals surface area contributed by atoms with Gasteiger partial charge in [0.25, 0.3) is 0 Å². The van der Waals surface area contributed by atoms with Crippen LogP contribution in [0.2, 0.25) is 0 Å². The van der Waals surface area contributed by atoms with Gasteiger partial charge in [0, 0.05) is 12.6 Å². The zero-order chi connectivity index (χ0) is 8.60. The fourth-order valence-electron chi connectivity index (χ4n) is 1.18. The van der Waals surface area contributed by atoms with Gasteiger partial charge in [0.1, 0.15) is 5.82 Å². The van der Waals surface area contributed by atoms with E-state index < -0.39 is 5.60 Å². The van der Waals surface area contributed by atoms with E-state index >= 15 is 0 Å². The Morgan fingerprint density at radius 1 is 1.58 bits per heavy atom. The molecule has 0 spiro atoms. The molecule has 0 amide bonds. The first-order valence-corrected chi connectivity index (χ1v) is 4.01. The van der Waals surface area contributed by atoms with Crippen LogP contribution in [0.3, 0.4) is 0 Å². The molecule has 1 N–H and O–H groups in total. The first-order chi connectivity index (χ1) is 5.70. The average molecular weight is 167 g/mol. The van der Waals surface area contributed by atoms with Gasteiger partial charge in [-0.1, -0.05) is 0 Å². The van der Waals surface area contributed by atoms with E-state index in [1.807, 2.05) is 0 Å². The largest absolute Gasteiger partial charge is 0.389 e. The Morgan fingerprint density at radius 2 is 2.33 bits per heavy atom. The quantitative estimate of drug-likeness (QED) is 0.720. The summed E-state index contributed by atoms with van der Waals surface area (Å²) in [5, 5.41) is 9.50. The van der Waals surface area contributed by atoms with E-state index in [0.29, 0.717) is 12.1 Å². The van der Waals surface area contributed by atoms with Crippen LogP contribution in [0.25, 0.3) is 0 Å². The number of halogens is 1. The molecule has 0 atom stereocenters. The first-order valence-electron chi connectivity index (χ1n) is 4.01. The summed E-state index contributed by atoms with van der Waals surface area (Å²) in [6, 6.07) is 2.92. The van der Waals surface area contributed by atoms with Crippen LogP contribution >= 0.6 is 0 Å². The summed E-state index contributed by atoms with van der Waals surface area (Å²) in [6.07, 6.45) is 3.43. The Labute approximate surface area is 70.1 Å². The van der Waals surface area contributed by atoms with Crippen LogP contribution in [0.15, 0.2) is 18.3 Å². The van der Waals surface area contributed by atoms with Crippen molar-refractivity contribution < 1.29 is 9.50 Å². The molecule has 0 bridgehead atoms. The zero-order valence-corrected chi connectivity index (χ0v) is 6.63. The Bertz CT molecular complexity index is 296. The van der Waals surface area contributed by atoms with Gasteiger partial charge in [0.15, 0.2) is 0 Å². The zero-order valence-electron chi connectivity index (χ0n) is 6.63. The lowest BCUT2D eigenvalue weighted by Crippen LogP contribution is -2.13. The molecule has 2 nitrogen and oxygen atoms in total. The molecular weight excluding hydrogens is 157 g/mol. The third-order valence-electron chi connectivity index (χ3n) is 2.16. The van der Waals surface area contributed by atoms with Crippen LogP contribution in [-0.4, -0.2) is 15.7 Å². The molecule has 0 unspecified atom stereocenters. The summed E-state index contributed by atoms with van der Waals surface area (Å²) < 4.78 is 13.0. The number of pyridine rings is 1. The number of rotatable bonds is 2. The number of aliphatic hydroxyl groups is 1. The lowest BCUT2D eigenvalue weighted by atomic mass is 10.1. The van der Waals surface area contributed by atoms with Crippen LogP contribution in [-0.2, 0) is 6.42 Å². The second-order valence-electron chi connectivity index (χ2n) is 3.33. The Kier molecular flexibility index (Phi) is 1.61. The smallest absolute Gasteiger partial charge is 0.144 e. The summed E-state index contributed by atoms with van der Waals surface area (Å²) in [5.74, 6) is -0.321. The molecule has 3 heteroatoms. The Morgan fingerprint density at radius 3 is 2.92 bits per heavy atom. The normalized spacial score (nSPS) is 19.2. The molecule has 1 fully saturated rings. The van der Waals surface area contributed by atoms with E-state index in [2.05, 4.69) is 4.98 Å². The summed E-state index contributed by atoms with van der Waals surface area (Å²) >= 11 is 0. The molecule has 2 rings (SSSR count). The average Bonchev–Trinajstić information content (AvgIpc) is 2.74. The molecular formula is C9H10FNO. The van der Waals surface area contributed by atoms with E-state index in [4.69, 9.17) is 0 Å². The number of hydrogen-bond donors (Lipinski definition) is 1. The molecule has 0 aliphatic heterocycles. The van der Waals surface area contributed by atoms with Crippen molar-refractivity contribution in [1.29, 1.82) is 0 Å². The third-order valence-corrected chi connectivity index (χ3v) is 2.16. The van der Waals surface area contributed by atoms with E-state index in [-0.39, 0.29) is 5.82 Å². The summed E-state index contributed by atoms with van der Waals surface area (Å²) in [6.45, 7) is 0. The number of hydrogen-bond acceptors (Lipinski definition) is 2. The maximum atomic E-state index is 13.0. The fraction of sp³-hybridized carbons (Fsp3) is 0.444. The highest BCUT2D eigenvalue weighted by molar-refractivity contribution is 5.13. The molecule has 0 radical (unpaired) electrons. The summed E-state index contributed by atoms with van der Waals surface area (Å²) in [5.41, 5.74) is -0.285. The maximum Gasteiger partial charge on any atom is 0.144 e. The van der Waals surface area contributed by atoms with Crippen LogP contribution in [0.1, 0.15) is 18.5 Å². The van der Waals surface area contributed by atoms with Gasteiger partial charge in [-0.25, -0.2) is 4.39 Å². The van der Waals surface area contributed by atoms with E-state index in [9.17, 15) is 9.50 Å². The predicted octanol–water partition coefficient (Wildman–Crippen LogP) is 1.29. The van der Waals surface area contributed by atoms with Crippen molar-refractivity contribution in [3.05, 3.63) is 29.8 Å². The van der Waals surface area contributed by atoms with Crippen molar-refractivity contribution in [2.75, 3.05) is 0 Å². The van der Waals surface area contributed by atoms with Crippen molar-refractivity contribution in [1.82, 2.24) is 4.98 Å². The number of nitrogens with zero attached hydrogens (tertiary/aromatic N) is 1. The Balaban J connectivity index is 2.17. The molecule has 0 saturated heterocycles. The second kappa shape index (κ2) is 2.52. The summed E-state index contributed by atoms with van der Waals surface area (Å²) in [4.78, 5) is 3.87. The van der Waals surface area contributed by atoms with E-state index in [1.54, 1.807) is 12.3 Å². The van der Waals surface area contributed by atoms with Gasteiger partial charge >= 0.3 is 0 Å². The van der Waals surface area contributed by atoms with Crippen molar-refractivity contribution in [2.45, 2.75) is 24.9 Å². The van der Waals surface area contributed by atoms with Gasteiger partial charge < -0.3 is 5.11 Å². The molecule has 12 heavy (non-hydrogen) atoms. The molecule has 1 aromatic heterocycles. The van der Waals surface area contributed by atoms with Gasteiger partial charge in [-0.15, -0.1) is 0 Å². The topological polar surface area (TPSA) is 33.1 Å². The molecule has 1 aromatic rings. The van der Waals surface area contributed by atoms with Crippen LogP contribution in [0.4, 0.5) is 4.39 Å². The molecule has 1 aliphatic rings. The lowest BCUT2D eigenvalue weighted by molar-refractivity contribution is 0.148. The van der Waals surface area contributed by atoms with Gasteiger partial charge in [0.05, 0.1) is 11.3 Å². The molecule has 1 saturated carbocycles. The highest BCUT2D eigenvalue weighted by Crippen LogP contribution is 2.38. The van der Waals surface area contributed by atoms with Crippen LogP contribution in [0, 0.1) is 5.82 Å². The van der Waals surface area contributed by atoms with Crippen molar-refractivity contribution in [3.63, 3.8) is 0 Å².